The van der Waals surface area contributed by atoms with Crippen LogP contribution in [0.4, 0.5) is 4.79 Å². The molecule has 210 valence electrons. The van der Waals surface area contributed by atoms with Gasteiger partial charge in [0.25, 0.3) is 5.91 Å². The van der Waals surface area contributed by atoms with E-state index in [1.807, 2.05) is 7.05 Å². The van der Waals surface area contributed by atoms with Crippen molar-refractivity contribution in [3.05, 3.63) is 12.2 Å². The summed E-state index contributed by atoms with van der Waals surface area (Å²) in [5, 5.41) is 2.90. The summed E-state index contributed by atoms with van der Waals surface area (Å²) in [5.74, 6) is -0.0393. The van der Waals surface area contributed by atoms with E-state index in [0.717, 1.165) is 32.2 Å². The Kier molecular flexibility index (Phi) is 20.7. The zero-order valence-corrected chi connectivity index (χ0v) is 24.2. The van der Waals surface area contributed by atoms with Gasteiger partial charge in [0.2, 0.25) is 0 Å². The molecular formula is C31H59N3O2. The van der Waals surface area contributed by atoms with Crippen LogP contribution in [0.3, 0.4) is 0 Å². The first-order chi connectivity index (χ1) is 17.6. The molecule has 0 radical (unpaired) electrons. The predicted molar refractivity (Wildman–Crippen MR) is 154 cm³/mol. The van der Waals surface area contributed by atoms with Gasteiger partial charge in [-0.1, -0.05) is 122 Å². The number of carbonyl (C=O) groups excluding carboxylic acids is 2. The van der Waals surface area contributed by atoms with E-state index in [1.54, 1.807) is 0 Å². The zero-order valence-electron chi connectivity index (χ0n) is 24.2. The van der Waals surface area contributed by atoms with Gasteiger partial charge in [-0.05, 0) is 52.1 Å². The summed E-state index contributed by atoms with van der Waals surface area (Å²) >= 11 is 0. The maximum atomic E-state index is 12.7. The monoisotopic (exact) mass is 505 g/mol. The Bertz CT molecular complexity index is 578. The van der Waals surface area contributed by atoms with Crippen molar-refractivity contribution < 1.29 is 9.59 Å². The second kappa shape index (κ2) is 22.8. The van der Waals surface area contributed by atoms with Crippen LogP contribution in [-0.2, 0) is 4.79 Å². The highest BCUT2D eigenvalue weighted by atomic mass is 16.2. The molecule has 1 aliphatic rings. The quantitative estimate of drug-likeness (QED) is 0.0767. The summed E-state index contributed by atoms with van der Waals surface area (Å²) in [5.41, 5.74) is 0. The van der Waals surface area contributed by atoms with Crippen LogP contribution in [0.2, 0.25) is 0 Å². The van der Waals surface area contributed by atoms with Crippen molar-refractivity contribution in [2.75, 3.05) is 20.3 Å². The smallest absolute Gasteiger partial charge is 0.325 e. The minimum absolute atomic E-state index is 0.0393. The van der Waals surface area contributed by atoms with Gasteiger partial charge in [0.1, 0.15) is 6.04 Å². The average Bonchev–Trinajstić information content (AvgIpc) is 3.13. The van der Waals surface area contributed by atoms with Gasteiger partial charge in [0.05, 0.1) is 6.67 Å². The van der Waals surface area contributed by atoms with Crippen LogP contribution >= 0.6 is 0 Å². The lowest BCUT2D eigenvalue weighted by Crippen LogP contribution is -2.40. The minimum atomic E-state index is -0.322. The molecule has 1 saturated heterocycles. The van der Waals surface area contributed by atoms with E-state index >= 15 is 0 Å². The lowest BCUT2D eigenvalue weighted by atomic mass is 10.0. The number of unbranched alkanes of at least 4 members (excludes halogenated alkanes) is 17. The highest BCUT2D eigenvalue weighted by Gasteiger charge is 2.37. The molecule has 0 aromatic carbocycles. The average molecular weight is 506 g/mol. The first-order valence-corrected chi connectivity index (χ1v) is 15.6. The third-order valence-corrected chi connectivity index (χ3v) is 7.39. The Morgan fingerprint density at radius 3 is 1.72 bits per heavy atom. The fraction of sp³-hybridized carbons (Fsp3) is 0.871. The summed E-state index contributed by atoms with van der Waals surface area (Å²) in [7, 11) is 2.01. The Balaban J connectivity index is 2.00. The lowest BCUT2D eigenvalue weighted by molar-refractivity contribution is -0.128. The molecule has 1 aliphatic heterocycles. The van der Waals surface area contributed by atoms with Crippen molar-refractivity contribution in [3.63, 3.8) is 0 Å². The Hall–Kier alpha value is -1.36. The molecule has 1 rings (SSSR count). The van der Waals surface area contributed by atoms with Gasteiger partial charge in [-0.25, -0.2) is 9.69 Å². The zero-order chi connectivity index (χ0) is 26.3. The summed E-state index contributed by atoms with van der Waals surface area (Å²) in [6.07, 6.45) is 31.0. The molecule has 1 unspecified atom stereocenters. The highest BCUT2D eigenvalue weighted by Crippen LogP contribution is 2.16. The second-order valence-electron chi connectivity index (χ2n) is 11.0. The number of nitrogens with zero attached hydrogens (tertiary/aromatic N) is 2. The van der Waals surface area contributed by atoms with Crippen LogP contribution in [0.15, 0.2) is 12.2 Å². The summed E-state index contributed by atoms with van der Waals surface area (Å²) in [4.78, 5) is 28.5. The van der Waals surface area contributed by atoms with Gasteiger partial charge in [0, 0.05) is 0 Å². The number of hydrogen-bond acceptors (Lipinski definition) is 3. The van der Waals surface area contributed by atoms with E-state index in [4.69, 9.17) is 0 Å². The van der Waals surface area contributed by atoms with E-state index in [9.17, 15) is 9.59 Å². The van der Waals surface area contributed by atoms with Crippen LogP contribution in [0.25, 0.3) is 0 Å². The number of hydrogen-bond donors (Lipinski definition) is 1. The number of amides is 3. The van der Waals surface area contributed by atoms with Gasteiger partial charge < -0.3 is 5.32 Å². The third kappa shape index (κ3) is 16.4. The van der Waals surface area contributed by atoms with Gasteiger partial charge in [-0.15, -0.1) is 0 Å². The normalized spacial score (nSPS) is 16.1. The molecule has 36 heavy (non-hydrogen) atoms. The number of rotatable bonds is 25. The molecular weight excluding hydrogens is 446 g/mol. The molecule has 0 saturated carbocycles. The molecule has 5 nitrogen and oxygen atoms in total. The summed E-state index contributed by atoms with van der Waals surface area (Å²) in [6, 6.07) is -0.541. The van der Waals surface area contributed by atoms with Crippen LogP contribution in [-0.4, -0.2) is 48.0 Å². The fourth-order valence-electron chi connectivity index (χ4n) is 4.98. The van der Waals surface area contributed by atoms with Gasteiger partial charge in [-0.2, -0.15) is 0 Å². The van der Waals surface area contributed by atoms with E-state index in [0.29, 0.717) is 6.67 Å². The van der Waals surface area contributed by atoms with E-state index in [2.05, 4.69) is 36.2 Å². The van der Waals surface area contributed by atoms with Gasteiger partial charge in [0.15, 0.2) is 0 Å². The molecule has 0 aromatic rings. The number of carbonyl (C=O) groups is 2. The first-order valence-electron chi connectivity index (χ1n) is 15.6. The summed E-state index contributed by atoms with van der Waals surface area (Å²) in [6.45, 7) is 5.84. The number of allylic oxidation sites excluding steroid dienone is 2. The van der Waals surface area contributed by atoms with Crippen molar-refractivity contribution >= 4 is 11.9 Å². The maximum absolute atomic E-state index is 12.7. The molecule has 0 aliphatic carbocycles. The highest BCUT2D eigenvalue weighted by molar-refractivity contribution is 6.04. The van der Waals surface area contributed by atoms with Gasteiger partial charge >= 0.3 is 6.03 Å². The molecule has 0 spiro atoms. The van der Waals surface area contributed by atoms with Crippen molar-refractivity contribution in [2.45, 2.75) is 155 Å². The predicted octanol–water partition coefficient (Wildman–Crippen LogP) is 8.58. The Morgan fingerprint density at radius 2 is 1.17 bits per heavy atom. The summed E-state index contributed by atoms with van der Waals surface area (Å²) < 4.78 is 0. The minimum Gasteiger partial charge on any atom is -0.326 e. The van der Waals surface area contributed by atoms with Crippen molar-refractivity contribution in [2.24, 2.45) is 0 Å². The molecule has 0 bridgehead atoms. The van der Waals surface area contributed by atoms with Crippen LogP contribution in [0.5, 0.6) is 0 Å². The molecule has 1 atom stereocenters. The fourth-order valence-corrected chi connectivity index (χ4v) is 4.98. The standard InChI is InChI=1S/C31H59N3O2/c1-4-6-8-10-12-13-14-15-16-17-18-19-20-21-22-24-26-29-30(35)34(31(36)32-29)28-33(3)27-25-23-11-9-7-5-2/h15-16,29H,4-14,17-28H2,1-3H3,(H,32,36). The molecule has 5 heteroatoms. The van der Waals surface area contributed by atoms with Gasteiger partial charge in [-0.3, -0.25) is 9.69 Å². The lowest BCUT2D eigenvalue weighted by Gasteiger charge is -2.22. The third-order valence-electron chi connectivity index (χ3n) is 7.39. The van der Waals surface area contributed by atoms with Crippen LogP contribution < -0.4 is 5.32 Å². The maximum Gasteiger partial charge on any atom is 0.325 e. The van der Waals surface area contributed by atoms with Crippen molar-refractivity contribution in [1.82, 2.24) is 15.1 Å². The van der Waals surface area contributed by atoms with Crippen molar-refractivity contribution in [1.29, 1.82) is 0 Å². The molecule has 3 amide bonds. The topological polar surface area (TPSA) is 52.7 Å². The van der Waals surface area contributed by atoms with E-state index in [-0.39, 0.29) is 18.0 Å². The SMILES string of the molecule is CCCCCCCCC=CCCCCCCCCC1NC(=O)N(CN(C)CCCCCCCC)C1=O. The van der Waals surface area contributed by atoms with Crippen molar-refractivity contribution in [3.8, 4) is 0 Å². The van der Waals surface area contributed by atoms with E-state index < -0.39 is 0 Å². The largest absolute Gasteiger partial charge is 0.326 e. The number of urea groups is 1. The first kappa shape index (κ1) is 32.7. The van der Waals surface area contributed by atoms with Crippen LogP contribution in [0, 0.1) is 0 Å². The molecule has 1 N–H and O–H groups in total. The second-order valence-corrected chi connectivity index (χ2v) is 11.0. The number of imide groups is 1. The van der Waals surface area contributed by atoms with E-state index in [1.165, 1.54) is 114 Å². The molecule has 1 heterocycles. The van der Waals surface area contributed by atoms with Crippen LogP contribution in [0.1, 0.15) is 149 Å². The number of nitrogens with one attached hydrogen (secondary N) is 1. The Labute approximate surface area is 223 Å². The molecule has 0 aromatic heterocycles. The molecule has 1 fully saturated rings. The Morgan fingerprint density at radius 1 is 0.694 bits per heavy atom.